The number of fused-ring (bicyclic) bond motifs is 10. The van der Waals surface area contributed by atoms with Crippen LogP contribution in [-0.4, -0.2) is 101 Å². The third-order valence-electron chi connectivity index (χ3n) is 21.2. The molecule has 0 saturated carbocycles. The highest BCUT2D eigenvalue weighted by molar-refractivity contribution is 6.68. The zero-order valence-electron chi connectivity index (χ0n) is 65.0. The second-order valence-electron chi connectivity index (χ2n) is 26.5. The number of ether oxygens (including phenoxy) is 1. The zero-order valence-corrected chi connectivity index (χ0v) is 65.8. The molecule has 111 heavy (non-hydrogen) atoms. The van der Waals surface area contributed by atoms with Crippen molar-refractivity contribution in [1.82, 2.24) is 9.15 Å². The number of hydrogen-bond donors (Lipinski definition) is 2. The highest BCUT2D eigenvalue weighted by atomic mass is 35.5. The number of carbonyl (C=O) groups excluding carboxylic acids is 2. The first-order chi connectivity index (χ1) is 52.9. The molecule has 0 unspecified atom stereocenters. The van der Waals surface area contributed by atoms with Crippen LogP contribution < -0.4 is 54.8 Å². The minimum absolute atomic E-state index is 0. The van der Waals surface area contributed by atoms with Gasteiger partial charge in [0.1, 0.15) is 65.9 Å². The van der Waals surface area contributed by atoms with Crippen molar-refractivity contribution in [3.8, 4) is 62.5 Å². The Kier molecular flexibility index (Phi) is 27.9. The van der Waals surface area contributed by atoms with E-state index < -0.39 is 16.8 Å². The van der Waals surface area contributed by atoms with Gasteiger partial charge in [0, 0.05) is 179 Å². The maximum Gasteiger partial charge on any atom is 0.336 e. The molecule has 3 N–H and O–H groups in total. The molecule has 4 heterocycles. The number of anilines is 6. The molecule has 0 aromatic heterocycles. The molecule has 16 nitrogen and oxygen atoms in total. The summed E-state index contributed by atoms with van der Waals surface area (Å²) in [5.41, 5.74) is 22.3. The van der Waals surface area contributed by atoms with E-state index in [2.05, 4.69) is 227 Å². The number of amides is 1. The zero-order chi connectivity index (χ0) is 77.8. The topological polar surface area (TPSA) is 179 Å². The maximum atomic E-state index is 14.4. The number of nitriles is 1. The Bertz CT molecular complexity index is 5160. The predicted octanol–water partition coefficient (Wildman–Crippen LogP) is 20.6. The summed E-state index contributed by atoms with van der Waals surface area (Å²) in [6.45, 7) is 38.0. The predicted molar refractivity (Wildman–Crippen MR) is 462 cm³/mol. The summed E-state index contributed by atoms with van der Waals surface area (Å²) in [6.07, 6.45) is 0. The van der Waals surface area contributed by atoms with Crippen molar-refractivity contribution < 1.29 is 33.1 Å². The SMILES string of the molecule is C.C.CC#N.CCN(CC)c1ccc2c(-c3ccccc3C(=O)Cl)c3ccc(=[N+](CC)CC)cc-3oc2c1.CCN(CC)c1ccc2c(-c3ccccc3C(=O)O)c3ccc(=[N+](CC)CC)cc-3oc2c1.CCN(CC)c1ccc2c(c1)Oc1cc(N(CC)CC)ccc1C21c2ccccc2C(=O)N1c1ccccc1N. The number of hydrogen-bond acceptors (Lipinski definition) is 12. The Morgan fingerprint density at radius 3 is 1.24 bits per heavy atom. The lowest BCUT2D eigenvalue weighted by molar-refractivity contribution is 0.0697. The molecule has 1 amide bonds. The number of carbonyl (C=O) groups is 3. The van der Waals surface area contributed by atoms with Crippen molar-refractivity contribution in [3.63, 3.8) is 0 Å². The number of nitrogens with zero attached hydrogens (tertiary/aromatic N) is 8. The molecule has 0 saturated heterocycles. The summed E-state index contributed by atoms with van der Waals surface area (Å²) in [4.78, 5) is 49.8. The molecular weight excluding hydrogens is 1400 g/mol. The Morgan fingerprint density at radius 2 is 0.838 bits per heavy atom. The molecule has 0 atom stereocenters. The second-order valence-corrected chi connectivity index (χ2v) is 26.9. The van der Waals surface area contributed by atoms with Crippen molar-refractivity contribution >= 4 is 84.8 Å². The lowest BCUT2D eigenvalue weighted by atomic mass is 9.74. The fourth-order valence-corrected chi connectivity index (χ4v) is 15.9. The van der Waals surface area contributed by atoms with Crippen LogP contribution in [0.15, 0.2) is 215 Å². The lowest BCUT2D eigenvalue weighted by Gasteiger charge is -2.45. The molecule has 576 valence electrons. The molecule has 1 spiro atoms. The first-order valence-electron chi connectivity index (χ1n) is 38.3. The number of nitrogen functional groups attached to an aromatic ring is 1. The number of aromatic carboxylic acids is 1. The summed E-state index contributed by atoms with van der Waals surface area (Å²) in [5.74, 6) is 2.02. The van der Waals surface area contributed by atoms with Gasteiger partial charge in [-0.15, -0.1) is 0 Å². The van der Waals surface area contributed by atoms with Crippen LogP contribution in [0.1, 0.15) is 153 Å². The molecule has 14 rings (SSSR count). The van der Waals surface area contributed by atoms with E-state index in [-0.39, 0.29) is 26.3 Å². The van der Waals surface area contributed by atoms with Crippen molar-refractivity contribution in [2.45, 2.75) is 110 Å². The largest absolute Gasteiger partial charge is 0.478 e. The summed E-state index contributed by atoms with van der Waals surface area (Å²) in [6, 6.07) is 69.8. The van der Waals surface area contributed by atoms with E-state index in [0.717, 1.165) is 201 Å². The monoisotopic (exact) mass is 1510 g/mol. The van der Waals surface area contributed by atoms with E-state index in [4.69, 9.17) is 36.2 Å². The van der Waals surface area contributed by atoms with Crippen LogP contribution in [0.4, 0.5) is 34.1 Å². The molecule has 6 aliphatic rings. The van der Waals surface area contributed by atoms with Gasteiger partial charge in [-0.2, -0.15) is 5.26 Å². The van der Waals surface area contributed by atoms with Gasteiger partial charge < -0.3 is 44.0 Å². The van der Waals surface area contributed by atoms with E-state index in [1.54, 1.807) is 24.3 Å². The number of rotatable bonds is 21. The Morgan fingerprint density at radius 1 is 0.468 bits per heavy atom. The van der Waals surface area contributed by atoms with Gasteiger partial charge in [0.2, 0.25) is 10.7 Å². The minimum atomic E-state index is -0.949. The molecule has 8 aromatic rings. The normalized spacial score (nSPS) is 11.9. The van der Waals surface area contributed by atoms with E-state index in [9.17, 15) is 19.5 Å². The molecular formula is C94H108ClN9O7+2. The fourth-order valence-electron chi connectivity index (χ4n) is 15.7. The van der Waals surface area contributed by atoms with Gasteiger partial charge in [-0.25, -0.2) is 13.9 Å². The summed E-state index contributed by atoms with van der Waals surface area (Å²) in [7, 11) is 0. The average Bonchev–Trinajstić information content (AvgIpc) is 1.54. The third-order valence-corrected chi connectivity index (χ3v) is 21.4. The number of para-hydroxylation sites is 2. The highest BCUT2D eigenvalue weighted by Crippen LogP contribution is 2.60. The van der Waals surface area contributed by atoms with Gasteiger partial charge in [-0.05, 0) is 185 Å². The Hall–Kier alpha value is -11.7. The number of carboxylic acid groups (broad SMARTS) is 1. The average molecular weight is 1510 g/mol. The fraction of sp³-hybridized carbons (Fsp3) is 0.298. The first-order valence-corrected chi connectivity index (χ1v) is 38.7. The highest BCUT2D eigenvalue weighted by Gasteiger charge is 2.57. The van der Waals surface area contributed by atoms with Gasteiger partial charge in [0.05, 0.1) is 35.1 Å². The molecule has 8 aromatic carbocycles. The van der Waals surface area contributed by atoms with Gasteiger partial charge in [0.15, 0.2) is 0 Å². The van der Waals surface area contributed by atoms with Crippen molar-refractivity contribution in [3.05, 3.63) is 250 Å². The van der Waals surface area contributed by atoms with Crippen LogP contribution in [0.3, 0.4) is 0 Å². The third kappa shape index (κ3) is 16.1. The molecule has 2 aliphatic carbocycles. The Balaban J connectivity index is 0.000000187. The Labute approximate surface area is 660 Å². The van der Waals surface area contributed by atoms with Crippen molar-refractivity contribution in [1.29, 1.82) is 5.26 Å². The standard InChI is InChI=1S/C34H36N4O2.C28H30ClN2O2.C28H30N2O3.C2H3N.2CH4/c1-5-36(6-2)23-17-19-27-31(21-23)40-32-22-24(37(7-3)8-4)18-20-28(32)34(27)26-14-10-9-13-25(26)33(39)38(34)30-16-12-11-15-29(30)35;1-5-30(6-2)19-13-15-23-25(17-19)33-26-18-20(31(7-3)8-4)14-16-24(26)27(23)21-11-9-10-12-22(21)28(29)32;1-5-29(6-2)19-13-15-23-25(17-19)33-26-18-20(30(7-3)8-4)14-16-24(26)27(23)21-11-9-10-12-22(21)28(31)32;1-2-3;;/h9-22H,5-8,35H2,1-4H3;2*9-18H,5-8H2,1-4H3;1H3;2*1H4/q;+1;;;;/p+1. The summed E-state index contributed by atoms with van der Waals surface area (Å²) < 4.78 is 24.3. The molecule has 4 aliphatic heterocycles. The van der Waals surface area contributed by atoms with Crippen molar-refractivity contribution in [2.24, 2.45) is 0 Å². The molecule has 17 heteroatoms. The smallest absolute Gasteiger partial charge is 0.336 e. The van der Waals surface area contributed by atoms with Crippen LogP contribution >= 0.6 is 11.6 Å². The number of carboxylic acids is 1. The van der Waals surface area contributed by atoms with Crippen LogP contribution in [-0.2, 0) is 5.54 Å². The summed E-state index contributed by atoms with van der Waals surface area (Å²) in [5, 5.41) is 20.8. The second kappa shape index (κ2) is 37.2. The lowest BCUT2D eigenvalue weighted by Crippen LogP contribution is -2.48. The van der Waals surface area contributed by atoms with E-state index in [1.807, 2.05) is 77.7 Å². The van der Waals surface area contributed by atoms with Gasteiger partial charge in [-0.3, -0.25) is 14.5 Å². The summed E-state index contributed by atoms with van der Waals surface area (Å²) >= 11 is 5.99. The minimum Gasteiger partial charge on any atom is -0.478 e. The number of benzene rings is 10. The molecule has 0 radical (unpaired) electrons. The molecule has 0 bridgehead atoms. The molecule has 0 fully saturated rings. The van der Waals surface area contributed by atoms with Gasteiger partial charge >= 0.3 is 5.97 Å². The van der Waals surface area contributed by atoms with Crippen LogP contribution in [0.2, 0.25) is 0 Å². The van der Waals surface area contributed by atoms with Crippen LogP contribution in [0.5, 0.6) is 11.5 Å². The van der Waals surface area contributed by atoms with Gasteiger partial charge in [-0.1, -0.05) is 93.7 Å². The quantitative estimate of drug-likeness (QED) is 0.0301. The van der Waals surface area contributed by atoms with E-state index in [0.29, 0.717) is 28.1 Å². The maximum absolute atomic E-state index is 14.4. The van der Waals surface area contributed by atoms with E-state index in [1.165, 1.54) is 6.92 Å². The van der Waals surface area contributed by atoms with Crippen LogP contribution in [0, 0.1) is 11.3 Å². The number of halogens is 1. The van der Waals surface area contributed by atoms with Crippen LogP contribution in [0.25, 0.3) is 66.8 Å². The van der Waals surface area contributed by atoms with Crippen molar-refractivity contribution in [2.75, 3.05) is 109 Å². The number of nitrogens with two attached hydrogens (primary N) is 1. The van der Waals surface area contributed by atoms with Gasteiger partial charge in [0.25, 0.3) is 11.1 Å². The first kappa shape index (κ1) is 83.4. The van der Waals surface area contributed by atoms with E-state index >= 15 is 0 Å².